The Hall–Kier alpha value is -1.64. The summed E-state index contributed by atoms with van der Waals surface area (Å²) in [5, 5.41) is 10.2. The number of rotatable bonds is 2. The van der Waals surface area contributed by atoms with Crippen LogP contribution in [0, 0.1) is 0 Å². The molecule has 56 valence electrons. The fourth-order valence-corrected chi connectivity index (χ4v) is 0.739. The molecule has 0 N–H and O–H groups in total. The van der Waals surface area contributed by atoms with Crippen LogP contribution < -0.4 is 5.11 Å². The maximum Gasteiger partial charge on any atom is 0.150 e. The van der Waals surface area contributed by atoms with Crippen LogP contribution in [0.5, 0.6) is 0 Å². The van der Waals surface area contributed by atoms with Gasteiger partial charge in [0.15, 0.2) is 0 Å². The van der Waals surface area contributed by atoms with Crippen molar-refractivity contribution in [2.75, 3.05) is 0 Å². The molecule has 0 aliphatic rings. The lowest BCUT2D eigenvalue weighted by Crippen LogP contribution is -2.22. The van der Waals surface area contributed by atoms with Gasteiger partial charge in [0.25, 0.3) is 0 Å². The molecule has 0 atom stereocenters. The maximum absolute atomic E-state index is 10.2. The maximum atomic E-state index is 10.2. The van der Waals surface area contributed by atoms with E-state index in [1.807, 2.05) is 0 Å². The second-order valence-corrected chi connectivity index (χ2v) is 2.03. The minimum atomic E-state index is -1.27. The Balaban J connectivity index is 3.10. The van der Waals surface area contributed by atoms with Gasteiger partial charge < -0.3 is 9.90 Å². The SMILES string of the molecule is O=Cc1cccc(C(=O)[O-])c1. The van der Waals surface area contributed by atoms with Crippen molar-refractivity contribution in [1.29, 1.82) is 0 Å². The van der Waals surface area contributed by atoms with Gasteiger partial charge in [-0.25, -0.2) is 0 Å². The van der Waals surface area contributed by atoms with Crippen molar-refractivity contribution in [3.05, 3.63) is 35.4 Å². The third kappa shape index (κ3) is 1.64. The quantitative estimate of drug-likeness (QED) is 0.550. The highest BCUT2D eigenvalue weighted by Gasteiger charge is 1.93. The molecule has 0 heterocycles. The lowest BCUT2D eigenvalue weighted by Gasteiger charge is -2.00. The lowest BCUT2D eigenvalue weighted by atomic mass is 10.1. The average Bonchev–Trinajstić information content (AvgIpc) is 2.05. The first-order valence-electron chi connectivity index (χ1n) is 3.00. The first-order chi connectivity index (χ1) is 5.24. The molecule has 0 radical (unpaired) electrons. The smallest absolute Gasteiger partial charge is 0.150 e. The molecule has 3 heteroatoms. The van der Waals surface area contributed by atoms with Crippen molar-refractivity contribution >= 4 is 12.3 Å². The van der Waals surface area contributed by atoms with E-state index >= 15 is 0 Å². The Kier molecular flexibility index (Phi) is 2.01. The molecular formula is C8H5O3-. The van der Waals surface area contributed by atoms with Gasteiger partial charge in [0, 0.05) is 5.56 Å². The van der Waals surface area contributed by atoms with Gasteiger partial charge >= 0.3 is 0 Å². The third-order valence-electron chi connectivity index (χ3n) is 1.26. The van der Waals surface area contributed by atoms with Crippen molar-refractivity contribution in [3.8, 4) is 0 Å². The summed E-state index contributed by atoms with van der Waals surface area (Å²) in [5.41, 5.74) is 0.362. The van der Waals surface area contributed by atoms with Crippen molar-refractivity contribution < 1.29 is 14.7 Å². The monoisotopic (exact) mass is 149 g/mol. The molecule has 0 spiro atoms. The van der Waals surface area contributed by atoms with Gasteiger partial charge in [0.2, 0.25) is 0 Å². The topological polar surface area (TPSA) is 57.2 Å². The molecule has 0 saturated heterocycles. The van der Waals surface area contributed by atoms with Crippen molar-refractivity contribution in [2.45, 2.75) is 0 Å². The summed E-state index contributed by atoms with van der Waals surface area (Å²) >= 11 is 0. The van der Waals surface area contributed by atoms with Gasteiger partial charge in [-0.15, -0.1) is 0 Å². The van der Waals surface area contributed by atoms with Crippen LogP contribution in [0.1, 0.15) is 20.7 Å². The van der Waals surface area contributed by atoms with Crippen molar-refractivity contribution in [2.24, 2.45) is 0 Å². The fraction of sp³-hybridized carbons (Fsp3) is 0. The van der Waals surface area contributed by atoms with Crippen LogP contribution in [0.25, 0.3) is 0 Å². The summed E-state index contributed by atoms with van der Waals surface area (Å²) in [6, 6.07) is 5.67. The molecule has 11 heavy (non-hydrogen) atoms. The molecule has 1 aromatic carbocycles. The first-order valence-corrected chi connectivity index (χ1v) is 3.00. The second-order valence-electron chi connectivity index (χ2n) is 2.03. The van der Waals surface area contributed by atoms with Gasteiger partial charge in [-0.2, -0.15) is 0 Å². The average molecular weight is 149 g/mol. The van der Waals surface area contributed by atoms with E-state index in [0.29, 0.717) is 11.8 Å². The molecule has 1 rings (SSSR count). The number of carboxylic acid groups (broad SMARTS) is 1. The van der Waals surface area contributed by atoms with Gasteiger partial charge in [-0.3, -0.25) is 4.79 Å². The van der Waals surface area contributed by atoms with E-state index in [2.05, 4.69) is 0 Å². The lowest BCUT2D eigenvalue weighted by molar-refractivity contribution is -0.255. The summed E-state index contributed by atoms with van der Waals surface area (Å²) in [6.45, 7) is 0. The van der Waals surface area contributed by atoms with Gasteiger partial charge in [-0.05, 0) is 11.6 Å². The fourth-order valence-electron chi connectivity index (χ4n) is 0.739. The molecule has 0 bridgehead atoms. The number of hydrogen-bond acceptors (Lipinski definition) is 3. The summed E-state index contributed by atoms with van der Waals surface area (Å²) in [6.07, 6.45) is 0.590. The third-order valence-corrected chi connectivity index (χ3v) is 1.26. The molecule has 0 aromatic heterocycles. The predicted octanol–water partition coefficient (Wildman–Crippen LogP) is -0.137. The minimum Gasteiger partial charge on any atom is -0.545 e. The van der Waals surface area contributed by atoms with Crippen LogP contribution in [0.4, 0.5) is 0 Å². The minimum absolute atomic E-state index is 0.0228. The Bertz CT molecular complexity index is 291. The number of carbonyl (C=O) groups excluding carboxylic acids is 2. The standard InChI is InChI=1S/C8H6O3/c9-5-6-2-1-3-7(4-6)8(10)11/h1-5H,(H,10,11)/p-1. The van der Waals surface area contributed by atoms with Crippen LogP contribution in [0.3, 0.4) is 0 Å². The van der Waals surface area contributed by atoms with Crippen LogP contribution in [-0.2, 0) is 0 Å². The molecule has 3 nitrogen and oxygen atoms in total. The van der Waals surface area contributed by atoms with E-state index in [9.17, 15) is 14.7 Å². The van der Waals surface area contributed by atoms with Crippen molar-refractivity contribution in [3.63, 3.8) is 0 Å². The molecule has 0 fully saturated rings. The highest BCUT2D eigenvalue weighted by molar-refractivity contribution is 5.88. The zero-order valence-corrected chi connectivity index (χ0v) is 5.61. The Labute approximate surface area is 63.3 Å². The van der Waals surface area contributed by atoms with Crippen LogP contribution in [0.2, 0.25) is 0 Å². The van der Waals surface area contributed by atoms with E-state index in [0.717, 1.165) is 0 Å². The molecule has 0 unspecified atom stereocenters. The number of hydrogen-bond donors (Lipinski definition) is 0. The number of aldehydes is 1. The Morgan fingerprint density at radius 3 is 2.73 bits per heavy atom. The number of carbonyl (C=O) groups is 2. The van der Waals surface area contributed by atoms with Crippen LogP contribution in [-0.4, -0.2) is 12.3 Å². The van der Waals surface area contributed by atoms with E-state index in [4.69, 9.17) is 0 Å². The molecule has 0 aliphatic heterocycles. The zero-order valence-electron chi connectivity index (χ0n) is 5.61. The van der Waals surface area contributed by atoms with Crippen LogP contribution >= 0.6 is 0 Å². The molecule has 0 aliphatic carbocycles. The highest BCUT2D eigenvalue weighted by atomic mass is 16.4. The highest BCUT2D eigenvalue weighted by Crippen LogP contribution is 2.01. The molecular weight excluding hydrogens is 144 g/mol. The first kappa shape index (κ1) is 7.47. The van der Waals surface area contributed by atoms with E-state index in [-0.39, 0.29) is 5.56 Å². The van der Waals surface area contributed by atoms with Crippen molar-refractivity contribution in [1.82, 2.24) is 0 Å². The molecule has 0 amide bonds. The van der Waals surface area contributed by atoms with Gasteiger partial charge in [0.05, 0.1) is 5.97 Å². The van der Waals surface area contributed by atoms with E-state index in [1.165, 1.54) is 24.3 Å². The largest absolute Gasteiger partial charge is 0.545 e. The number of carboxylic acids is 1. The summed E-state index contributed by atoms with van der Waals surface area (Å²) in [7, 11) is 0. The zero-order chi connectivity index (χ0) is 8.27. The number of aromatic carboxylic acids is 1. The Morgan fingerprint density at radius 1 is 1.45 bits per heavy atom. The molecule has 1 aromatic rings. The number of benzene rings is 1. The second kappa shape index (κ2) is 2.96. The van der Waals surface area contributed by atoms with Gasteiger partial charge in [-0.1, -0.05) is 18.2 Å². The molecule has 0 saturated carbocycles. The van der Waals surface area contributed by atoms with Gasteiger partial charge in [0.1, 0.15) is 6.29 Å². The van der Waals surface area contributed by atoms with Crippen LogP contribution in [0.15, 0.2) is 24.3 Å². The predicted molar refractivity (Wildman–Crippen MR) is 36.2 cm³/mol. The Morgan fingerprint density at radius 2 is 2.18 bits per heavy atom. The summed E-state index contributed by atoms with van der Waals surface area (Å²) in [4.78, 5) is 20.4. The summed E-state index contributed by atoms with van der Waals surface area (Å²) < 4.78 is 0. The van der Waals surface area contributed by atoms with E-state index < -0.39 is 5.97 Å². The normalized spacial score (nSPS) is 9.09. The van der Waals surface area contributed by atoms with E-state index in [1.54, 1.807) is 0 Å². The summed E-state index contributed by atoms with van der Waals surface area (Å²) in [5.74, 6) is -1.27.